The summed E-state index contributed by atoms with van der Waals surface area (Å²) >= 11 is 8.59. The molecule has 3 nitrogen and oxygen atoms in total. The van der Waals surface area contributed by atoms with Crippen LogP contribution in [0, 0.1) is 0 Å². The molecule has 0 atom stereocenters. The molecule has 0 saturated heterocycles. The van der Waals surface area contributed by atoms with Crippen LogP contribution in [0.25, 0.3) is 11.3 Å². The Hall–Kier alpha value is -0.170. The van der Waals surface area contributed by atoms with Crippen molar-refractivity contribution in [2.45, 2.75) is 19.9 Å². The number of nitrogens with one attached hydrogen (secondary N) is 1. The second kappa shape index (κ2) is 6.13. The number of thiophene rings is 1. The lowest BCUT2D eigenvalue weighted by Gasteiger charge is -1.97. The van der Waals surface area contributed by atoms with E-state index in [4.69, 9.17) is 4.42 Å². The second-order valence-corrected chi connectivity index (χ2v) is 7.28. The summed E-state index contributed by atoms with van der Waals surface area (Å²) < 4.78 is 7.81. The normalized spacial score (nSPS) is 11.0. The minimum Gasteiger partial charge on any atom is -0.439 e. The van der Waals surface area contributed by atoms with Gasteiger partial charge in [0.05, 0.1) is 20.3 Å². The number of hydrogen-bond donors (Lipinski definition) is 1. The van der Waals surface area contributed by atoms with Crippen LogP contribution < -0.4 is 5.32 Å². The lowest BCUT2D eigenvalue weighted by Crippen LogP contribution is -2.13. The highest BCUT2D eigenvalue weighted by atomic mass is 79.9. The van der Waals surface area contributed by atoms with Crippen LogP contribution in [-0.4, -0.2) is 11.5 Å². The topological polar surface area (TPSA) is 38.1 Å². The van der Waals surface area contributed by atoms with Crippen LogP contribution in [0.1, 0.15) is 19.2 Å². The van der Waals surface area contributed by atoms with E-state index in [1.165, 1.54) is 0 Å². The SMILES string of the molecule is CCCNCc1ncc(-c2cc(Br)sc2Br)o1. The highest BCUT2D eigenvalue weighted by molar-refractivity contribution is 9.12. The second-order valence-electron chi connectivity index (χ2n) is 3.53. The fraction of sp³-hybridized carbons (Fsp3) is 0.364. The predicted octanol–water partition coefficient (Wildman–Crippen LogP) is 4.43. The number of nitrogens with zero attached hydrogens (tertiary/aromatic N) is 1. The Morgan fingerprint density at radius 1 is 1.47 bits per heavy atom. The zero-order valence-corrected chi connectivity index (χ0v) is 13.3. The molecule has 1 N–H and O–H groups in total. The van der Waals surface area contributed by atoms with Gasteiger partial charge in [0.2, 0.25) is 5.89 Å². The molecule has 0 aliphatic heterocycles. The zero-order valence-electron chi connectivity index (χ0n) is 9.30. The van der Waals surface area contributed by atoms with Crippen molar-refractivity contribution >= 4 is 43.2 Å². The van der Waals surface area contributed by atoms with Crippen molar-refractivity contribution in [3.63, 3.8) is 0 Å². The molecule has 0 bridgehead atoms. The summed E-state index contributed by atoms with van der Waals surface area (Å²) in [7, 11) is 0. The summed E-state index contributed by atoms with van der Waals surface area (Å²) in [4.78, 5) is 4.25. The van der Waals surface area contributed by atoms with E-state index in [0.29, 0.717) is 6.54 Å². The van der Waals surface area contributed by atoms with Crippen molar-refractivity contribution < 1.29 is 4.42 Å². The summed E-state index contributed by atoms with van der Waals surface area (Å²) in [5, 5.41) is 3.26. The number of aromatic nitrogens is 1. The van der Waals surface area contributed by atoms with E-state index >= 15 is 0 Å². The third kappa shape index (κ3) is 3.40. The largest absolute Gasteiger partial charge is 0.439 e. The molecule has 0 unspecified atom stereocenters. The van der Waals surface area contributed by atoms with E-state index in [2.05, 4.69) is 49.1 Å². The van der Waals surface area contributed by atoms with Gasteiger partial charge in [-0.15, -0.1) is 11.3 Å². The Balaban J connectivity index is 2.10. The highest BCUT2D eigenvalue weighted by Crippen LogP contribution is 2.38. The Morgan fingerprint density at radius 3 is 2.94 bits per heavy atom. The van der Waals surface area contributed by atoms with Crippen molar-refractivity contribution in [1.29, 1.82) is 0 Å². The van der Waals surface area contributed by atoms with Crippen molar-refractivity contribution in [3.8, 4) is 11.3 Å². The van der Waals surface area contributed by atoms with Gasteiger partial charge in [0.25, 0.3) is 0 Å². The van der Waals surface area contributed by atoms with Crippen LogP contribution in [0.4, 0.5) is 0 Å². The van der Waals surface area contributed by atoms with E-state index in [0.717, 1.165) is 37.8 Å². The molecule has 0 fully saturated rings. The monoisotopic (exact) mass is 378 g/mol. The molecule has 6 heteroatoms. The molecule has 0 aliphatic rings. The molecule has 0 aromatic carbocycles. The van der Waals surface area contributed by atoms with Crippen LogP contribution in [0.3, 0.4) is 0 Å². The van der Waals surface area contributed by atoms with Gasteiger partial charge in [-0.25, -0.2) is 4.98 Å². The molecule has 0 aliphatic carbocycles. The maximum atomic E-state index is 5.69. The number of hydrogen-bond acceptors (Lipinski definition) is 4. The van der Waals surface area contributed by atoms with Gasteiger partial charge in [0.1, 0.15) is 0 Å². The standard InChI is InChI=1S/C11H12Br2N2OS/c1-2-3-14-6-10-15-5-8(16-10)7-4-9(12)17-11(7)13/h4-5,14H,2-3,6H2,1H3. The molecule has 2 heterocycles. The lowest BCUT2D eigenvalue weighted by molar-refractivity contribution is 0.478. The Morgan fingerprint density at radius 2 is 2.29 bits per heavy atom. The smallest absolute Gasteiger partial charge is 0.208 e. The minimum absolute atomic E-state index is 0.677. The molecular formula is C11H12Br2N2OS. The van der Waals surface area contributed by atoms with Crippen LogP contribution in [0.15, 0.2) is 24.3 Å². The molecule has 17 heavy (non-hydrogen) atoms. The van der Waals surface area contributed by atoms with E-state index < -0.39 is 0 Å². The molecule has 92 valence electrons. The van der Waals surface area contributed by atoms with E-state index in [9.17, 15) is 0 Å². The van der Waals surface area contributed by atoms with Gasteiger partial charge in [-0.2, -0.15) is 0 Å². The third-order valence-electron chi connectivity index (χ3n) is 2.18. The summed E-state index contributed by atoms with van der Waals surface area (Å²) in [6.07, 6.45) is 2.87. The number of rotatable bonds is 5. The quantitative estimate of drug-likeness (QED) is 0.781. The van der Waals surface area contributed by atoms with Gasteiger partial charge in [-0.05, 0) is 50.9 Å². The van der Waals surface area contributed by atoms with Crippen LogP contribution in [-0.2, 0) is 6.54 Å². The van der Waals surface area contributed by atoms with Crippen LogP contribution in [0.2, 0.25) is 0 Å². The van der Waals surface area contributed by atoms with Gasteiger partial charge in [0, 0.05) is 5.56 Å². The van der Waals surface area contributed by atoms with Crippen molar-refractivity contribution in [1.82, 2.24) is 10.3 Å². The minimum atomic E-state index is 0.677. The fourth-order valence-electron chi connectivity index (χ4n) is 1.40. The first kappa shape index (κ1) is 13.3. The van der Waals surface area contributed by atoms with Crippen LogP contribution >= 0.6 is 43.2 Å². The van der Waals surface area contributed by atoms with Crippen molar-refractivity contribution in [3.05, 3.63) is 25.7 Å². The average molecular weight is 380 g/mol. The molecule has 2 aromatic heterocycles. The van der Waals surface area contributed by atoms with Gasteiger partial charge < -0.3 is 9.73 Å². The summed E-state index contributed by atoms with van der Waals surface area (Å²) in [5.74, 6) is 1.52. The van der Waals surface area contributed by atoms with Gasteiger partial charge in [-0.3, -0.25) is 0 Å². The van der Waals surface area contributed by atoms with Gasteiger partial charge in [-0.1, -0.05) is 6.92 Å². The van der Waals surface area contributed by atoms with Crippen molar-refractivity contribution in [2.75, 3.05) is 6.54 Å². The van der Waals surface area contributed by atoms with E-state index in [-0.39, 0.29) is 0 Å². The number of halogens is 2. The molecule has 2 aromatic rings. The maximum absolute atomic E-state index is 5.69. The molecule has 0 saturated carbocycles. The summed E-state index contributed by atoms with van der Waals surface area (Å²) in [6, 6.07) is 2.03. The maximum Gasteiger partial charge on any atom is 0.208 e. The first-order valence-electron chi connectivity index (χ1n) is 5.31. The highest BCUT2D eigenvalue weighted by Gasteiger charge is 2.12. The predicted molar refractivity (Wildman–Crippen MR) is 77.2 cm³/mol. The Kier molecular flexibility index (Phi) is 4.78. The Bertz CT molecular complexity index is 495. The molecular weight excluding hydrogens is 368 g/mol. The first-order chi connectivity index (χ1) is 8.20. The lowest BCUT2D eigenvalue weighted by atomic mass is 10.3. The third-order valence-corrected chi connectivity index (χ3v) is 4.52. The molecule has 2 rings (SSSR count). The molecule has 0 amide bonds. The Labute approximate surface area is 121 Å². The first-order valence-corrected chi connectivity index (χ1v) is 7.71. The van der Waals surface area contributed by atoms with E-state index in [1.54, 1.807) is 17.5 Å². The summed E-state index contributed by atoms with van der Waals surface area (Å²) in [6.45, 7) is 3.79. The van der Waals surface area contributed by atoms with Gasteiger partial charge in [0.15, 0.2) is 5.76 Å². The zero-order chi connectivity index (χ0) is 12.3. The molecule has 0 spiro atoms. The van der Waals surface area contributed by atoms with E-state index in [1.807, 2.05) is 6.07 Å². The average Bonchev–Trinajstić information content (AvgIpc) is 2.86. The van der Waals surface area contributed by atoms with Crippen LogP contribution in [0.5, 0.6) is 0 Å². The van der Waals surface area contributed by atoms with Gasteiger partial charge >= 0.3 is 0 Å². The number of oxazole rings is 1. The molecule has 0 radical (unpaired) electrons. The fourth-order valence-corrected chi connectivity index (χ4v) is 4.21. The van der Waals surface area contributed by atoms with Crippen molar-refractivity contribution in [2.24, 2.45) is 0 Å². The summed E-state index contributed by atoms with van der Waals surface area (Å²) in [5.41, 5.74) is 1.04.